The second-order valence-electron chi connectivity index (χ2n) is 4.34. The molecule has 2 unspecified atom stereocenters. The Morgan fingerprint density at radius 3 is 2.67 bits per heavy atom. The molecule has 1 fully saturated rings. The van der Waals surface area contributed by atoms with Crippen LogP contribution in [0.4, 0.5) is 0 Å². The summed E-state index contributed by atoms with van der Waals surface area (Å²) in [6.07, 6.45) is -0.244. The molecule has 1 heterocycles. The number of rotatable bonds is 4. The number of methoxy groups -OCH3 is 1. The van der Waals surface area contributed by atoms with Crippen LogP contribution in [0.25, 0.3) is 0 Å². The third-order valence-corrected chi connectivity index (χ3v) is 2.79. The fourth-order valence-electron chi connectivity index (χ4n) is 1.74. The maximum Gasteiger partial charge on any atom is 0.304 e. The number of nitrogens with two attached hydrogens (primary N) is 1. The van der Waals surface area contributed by atoms with Gasteiger partial charge >= 0.3 is 5.97 Å². The number of carbonyl (C=O) groups is 3. The first-order valence-corrected chi connectivity index (χ1v) is 5.66. The summed E-state index contributed by atoms with van der Waals surface area (Å²) in [4.78, 5) is 35.7. The van der Waals surface area contributed by atoms with E-state index in [9.17, 15) is 14.4 Å². The molecular formula is C11H18N2O5. The summed E-state index contributed by atoms with van der Waals surface area (Å²) >= 11 is 0. The van der Waals surface area contributed by atoms with E-state index in [1.54, 1.807) is 6.92 Å². The molecular weight excluding hydrogens is 240 g/mol. The van der Waals surface area contributed by atoms with Crippen molar-refractivity contribution >= 4 is 17.8 Å². The smallest absolute Gasteiger partial charge is 0.304 e. The average Bonchev–Trinajstić information content (AvgIpc) is 2.29. The predicted octanol–water partition coefficient (Wildman–Crippen LogP) is -0.612. The zero-order chi connectivity index (χ0) is 13.9. The van der Waals surface area contributed by atoms with Gasteiger partial charge in [-0.1, -0.05) is 0 Å². The van der Waals surface area contributed by atoms with Crippen molar-refractivity contribution in [2.75, 3.05) is 13.7 Å². The first kappa shape index (κ1) is 14.6. The first-order chi connectivity index (χ1) is 8.30. The molecule has 0 aliphatic carbocycles. The molecule has 2 amide bonds. The number of amides is 2. The zero-order valence-electron chi connectivity index (χ0n) is 10.8. The molecule has 2 N–H and O–H groups in total. The van der Waals surface area contributed by atoms with Gasteiger partial charge in [0.25, 0.3) is 5.91 Å². The number of nitrogens with zero attached hydrogens (tertiary/aromatic N) is 1. The summed E-state index contributed by atoms with van der Waals surface area (Å²) in [7, 11) is 1.48. The van der Waals surface area contributed by atoms with Crippen LogP contribution in [0.5, 0.6) is 0 Å². The van der Waals surface area contributed by atoms with Crippen molar-refractivity contribution in [3.63, 3.8) is 0 Å². The Hall–Kier alpha value is -1.47. The van der Waals surface area contributed by atoms with Crippen LogP contribution in [0.3, 0.4) is 0 Å². The van der Waals surface area contributed by atoms with E-state index < -0.39 is 17.6 Å². The lowest BCUT2D eigenvalue weighted by Gasteiger charge is -2.37. The Bertz CT molecular complexity index is 370. The van der Waals surface area contributed by atoms with Gasteiger partial charge in [-0.3, -0.25) is 25.0 Å². The number of likely N-dealkylation sites (tertiary alicyclic amines) is 1. The lowest BCUT2D eigenvalue weighted by atomic mass is 10.00. The topological polar surface area (TPSA) is 98.9 Å². The van der Waals surface area contributed by atoms with E-state index in [1.165, 1.54) is 14.0 Å². The maximum absolute atomic E-state index is 12.1. The van der Waals surface area contributed by atoms with Crippen LogP contribution in [-0.2, 0) is 23.9 Å². The highest BCUT2D eigenvalue weighted by Gasteiger charge is 2.47. The number of hydrogen-bond acceptors (Lipinski definition) is 6. The molecule has 0 bridgehead atoms. The van der Waals surface area contributed by atoms with Crippen molar-refractivity contribution in [1.82, 2.24) is 4.90 Å². The van der Waals surface area contributed by atoms with Gasteiger partial charge in [-0.25, -0.2) is 0 Å². The Labute approximate surface area is 105 Å². The van der Waals surface area contributed by atoms with E-state index in [-0.39, 0.29) is 31.4 Å². The molecule has 1 aliphatic heterocycles. The lowest BCUT2D eigenvalue weighted by Crippen LogP contribution is -2.63. The number of imide groups is 1. The normalized spacial score (nSPS) is 26.1. The molecule has 0 aromatic rings. The van der Waals surface area contributed by atoms with E-state index in [0.29, 0.717) is 0 Å². The maximum atomic E-state index is 12.1. The molecule has 18 heavy (non-hydrogen) atoms. The molecule has 1 saturated heterocycles. The Kier molecular flexibility index (Phi) is 4.42. The van der Waals surface area contributed by atoms with Crippen LogP contribution in [0.15, 0.2) is 0 Å². The Morgan fingerprint density at radius 1 is 1.56 bits per heavy atom. The van der Waals surface area contributed by atoms with Crippen molar-refractivity contribution in [1.29, 1.82) is 0 Å². The van der Waals surface area contributed by atoms with Crippen molar-refractivity contribution in [3.8, 4) is 0 Å². The van der Waals surface area contributed by atoms with Crippen LogP contribution in [-0.4, -0.2) is 48.2 Å². The molecule has 7 heteroatoms. The standard InChI is InChI=1S/C11H18N2O5/c1-7(17-3)6-13-9(15)4-5-11(12,10(13)16)18-8(2)14/h7H,4-6,12H2,1-3H3. The zero-order valence-corrected chi connectivity index (χ0v) is 10.8. The molecule has 1 aliphatic rings. The largest absolute Gasteiger partial charge is 0.435 e. The predicted molar refractivity (Wildman–Crippen MR) is 61.1 cm³/mol. The fraction of sp³-hybridized carbons (Fsp3) is 0.727. The Balaban J connectivity index is 2.86. The lowest BCUT2D eigenvalue weighted by molar-refractivity contribution is -0.181. The van der Waals surface area contributed by atoms with E-state index >= 15 is 0 Å². The van der Waals surface area contributed by atoms with Crippen LogP contribution >= 0.6 is 0 Å². The summed E-state index contributed by atoms with van der Waals surface area (Å²) in [5, 5.41) is 0. The number of esters is 1. The highest BCUT2D eigenvalue weighted by atomic mass is 16.6. The quantitative estimate of drug-likeness (QED) is 0.410. The number of carbonyl (C=O) groups excluding carboxylic acids is 3. The first-order valence-electron chi connectivity index (χ1n) is 5.66. The summed E-state index contributed by atoms with van der Waals surface area (Å²) in [5.41, 5.74) is 4.00. The second-order valence-corrected chi connectivity index (χ2v) is 4.34. The van der Waals surface area contributed by atoms with Gasteiger partial charge in [0, 0.05) is 26.9 Å². The van der Waals surface area contributed by atoms with E-state index in [0.717, 1.165) is 4.90 Å². The molecule has 0 saturated carbocycles. The molecule has 2 atom stereocenters. The Morgan fingerprint density at radius 2 is 2.17 bits per heavy atom. The molecule has 0 spiro atoms. The molecule has 102 valence electrons. The van der Waals surface area contributed by atoms with Crippen molar-refractivity contribution in [3.05, 3.63) is 0 Å². The summed E-state index contributed by atoms with van der Waals surface area (Å²) in [6.45, 7) is 2.98. The van der Waals surface area contributed by atoms with Crippen molar-refractivity contribution in [2.45, 2.75) is 38.5 Å². The van der Waals surface area contributed by atoms with Gasteiger partial charge in [-0.05, 0) is 6.92 Å². The van der Waals surface area contributed by atoms with Crippen LogP contribution in [0.2, 0.25) is 0 Å². The van der Waals surface area contributed by atoms with E-state index in [4.69, 9.17) is 15.2 Å². The second kappa shape index (κ2) is 5.45. The third-order valence-electron chi connectivity index (χ3n) is 2.79. The van der Waals surface area contributed by atoms with Gasteiger partial charge < -0.3 is 9.47 Å². The minimum Gasteiger partial charge on any atom is -0.435 e. The SMILES string of the molecule is COC(C)CN1C(=O)CCC(N)(OC(C)=O)C1=O. The summed E-state index contributed by atoms with van der Waals surface area (Å²) in [5.74, 6) is -1.69. The fourth-order valence-corrected chi connectivity index (χ4v) is 1.74. The number of hydrogen-bond donors (Lipinski definition) is 1. The molecule has 7 nitrogen and oxygen atoms in total. The van der Waals surface area contributed by atoms with Crippen molar-refractivity contribution in [2.24, 2.45) is 5.73 Å². The average molecular weight is 258 g/mol. The summed E-state index contributed by atoms with van der Waals surface area (Å²) in [6, 6.07) is 0. The molecule has 1 rings (SSSR count). The molecule has 0 radical (unpaired) electrons. The van der Waals surface area contributed by atoms with Gasteiger partial charge in [0.15, 0.2) is 0 Å². The summed E-state index contributed by atoms with van der Waals surface area (Å²) < 4.78 is 9.84. The van der Waals surface area contributed by atoms with Crippen LogP contribution < -0.4 is 5.73 Å². The number of piperidine rings is 1. The van der Waals surface area contributed by atoms with Crippen LogP contribution in [0.1, 0.15) is 26.7 Å². The highest BCUT2D eigenvalue weighted by Crippen LogP contribution is 2.23. The highest BCUT2D eigenvalue weighted by molar-refractivity contribution is 6.02. The van der Waals surface area contributed by atoms with Gasteiger partial charge in [-0.15, -0.1) is 0 Å². The van der Waals surface area contributed by atoms with E-state index in [2.05, 4.69) is 0 Å². The monoisotopic (exact) mass is 258 g/mol. The third kappa shape index (κ3) is 3.05. The minimum absolute atomic E-state index is 0.00209. The van der Waals surface area contributed by atoms with Gasteiger partial charge in [-0.2, -0.15) is 0 Å². The van der Waals surface area contributed by atoms with E-state index in [1.807, 2.05) is 0 Å². The van der Waals surface area contributed by atoms with Crippen molar-refractivity contribution < 1.29 is 23.9 Å². The molecule has 0 aromatic heterocycles. The van der Waals surface area contributed by atoms with Gasteiger partial charge in [0.1, 0.15) is 0 Å². The minimum atomic E-state index is -1.74. The van der Waals surface area contributed by atoms with Gasteiger partial charge in [0.2, 0.25) is 11.6 Å². The molecule has 0 aromatic carbocycles. The van der Waals surface area contributed by atoms with Crippen LogP contribution in [0, 0.1) is 0 Å². The number of ether oxygens (including phenoxy) is 2. The van der Waals surface area contributed by atoms with Gasteiger partial charge in [0.05, 0.1) is 12.6 Å².